The molecule has 0 spiro atoms. The number of pyridine rings is 2. The van der Waals surface area contributed by atoms with E-state index in [1.54, 1.807) is 19.3 Å². The second-order valence-electron chi connectivity index (χ2n) is 9.13. The van der Waals surface area contributed by atoms with Crippen LogP contribution in [0.2, 0.25) is 0 Å². The predicted molar refractivity (Wildman–Crippen MR) is 138 cm³/mol. The normalized spacial score (nSPS) is 11.9. The molecule has 0 amide bonds. The minimum atomic E-state index is -0.127. The summed E-state index contributed by atoms with van der Waals surface area (Å²) in [6.07, 6.45) is 3.99. The van der Waals surface area contributed by atoms with Gasteiger partial charge in [-0.3, -0.25) is 4.79 Å². The number of ketones is 1. The third-order valence-electron chi connectivity index (χ3n) is 5.67. The van der Waals surface area contributed by atoms with Crippen molar-refractivity contribution in [3.05, 3.63) is 72.1 Å². The number of carbonyl (C=O) groups is 1. The Morgan fingerprint density at radius 2 is 1.79 bits per heavy atom. The van der Waals surface area contributed by atoms with E-state index >= 15 is 0 Å². The summed E-state index contributed by atoms with van der Waals surface area (Å²) in [5, 5.41) is 3.06. The van der Waals surface area contributed by atoms with Crippen LogP contribution in [0.15, 0.2) is 60.8 Å². The van der Waals surface area contributed by atoms with Gasteiger partial charge in [-0.15, -0.1) is 0 Å². The summed E-state index contributed by atoms with van der Waals surface area (Å²) in [6.45, 7) is 10.8. The Bertz CT molecular complexity index is 1050. The molecule has 174 valence electrons. The number of hydrogen-bond acceptors (Lipinski definition) is 5. The van der Waals surface area contributed by atoms with Gasteiger partial charge in [0.2, 0.25) is 5.78 Å². The molecule has 0 radical (unpaired) electrons. The quantitative estimate of drug-likeness (QED) is 0.351. The van der Waals surface area contributed by atoms with Gasteiger partial charge in [0, 0.05) is 31.9 Å². The van der Waals surface area contributed by atoms with E-state index in [-0.39, 0.29) is 5.78 Å². The Morgan fingerprint density at radius 1 is 1.03 bits per heavy atom. The van der Waals surface area contributed by atoms with Crippen LogP contribution in [0.3, 0.4) is 0 Å². The number of benzene rings is 1. The monoisotopic (exact) mass is 444 g/mol. The van der Waals surface area contributed by atoms with Crippen molar-refractivity contribution in [2.24, 2.45) is 11.8 Å². The third-order valence-corrected chi connectivity index (χ3v) is 5.67. The van der Waals surface area contributed by atoms with Crippen molar-refractivity contribution >= 4 is 17.4 Å². The van der Waals surface area contributed by atoms with E-state index in [0.29, 0.717) is 28.9 Å². The number of nitrogens with zero attached hydrogens (tertiary/aromatic N) is 3. The molecule has 3 aromatic rings. The zero-order chi connectivity index (χ0) is 23.8. The van der Waals surface area contributed by atoms with E-state index in [9.17, 15) is 4.79 Å². The van der Waals surface area contributed by atoms with Crippen LogP contribution < -0.4 is 10.2 Å². The van der Waals surface area contributed by atoms with Crippen LogP contribution in [0.4, 0.5) is 11.6 Å². The van der Waals surface area contributed by atoms with Crippen LogP contribution in [0.1, 0.15) is 56.6 Å². The van der Waals surface area contributed by atoms with Crippen LogP contribution in [0.25, 0.3) is 11.1 Å². The first-order valence-corrected chi connectivity index (χ1v) is 11.9. The maximum atomic E-state index is 13.5. The fraction of sp³-hybridized carbons (Fsp3) is 0.393. The maximum Gasteiger partial charge on any atom is 0.215 e. The molecule has 0 saturated heterocycles. The number of aromatic nitrogens is 2. The molecule has 3 rings (SSSR count). The number of rotatable bonds is 11. The largest absolute Gasteiger partial charge is 0.373 e. The lowest BCUT2D eigenvalue weighted by Gasteiger charge is -2.27. The van der Waals surface area contributed by atoms with Crippen molar-refractivity contribution in [2.75, 3.05) is 30.4 Å². The Kier molecular flexibility index (Phi) is 8.58. The molecule has 0 aliphatic carbocycles. The Hall–Kier alpha value is -3.21. The number of nitrogens with one attached hydrogen (secondary N) is 1. The van der Waals surface area contributed by atoms with Gasteiger partial charge in [-0.05, 0) is 48.4 Å². The van der Waals surface area contributed by atoms with E-state index in [0.717, 1.165) is 36.5 Å². The summed E-state index contributed by atoms with van der Waals surface area (Å²) in [5.74, 6) is 2.51. The van der Waals surface area contributed by atoms with E-state index < -0.39 is 0 Å². The van der Waals surface area contributed by atoms with Crippen LogP contribution in [-0.2, 0) is 0 Å². The highest BCUT2D eigenvalue weighted by Gasteiger charge is 2.19. The lowest BCUT2D eigenvalue weighted by molar-refractivity contribution is 0.103. The van der Waals surface area contributed by atoms with Crippen molar-refractivity contribution in [1.82, 2.24) is 9.97 Å². The van der Waals surface area contributed by atoms with E-state index in [4.69, 9.17) is 4.98 Å². The molecule has 2 aromatic heterocycles. The molecule has 1 atom stereocenters. The van der Waals surface area contributed by atoms with Gasteiger partial charge >= 0.3 is 0 Å². The summed E-state index contributed by atoms with van der Waals surface area (Å²) in [4.78, 5) is 25.2. The van der Waals surface area contributed by atoms with Crippen molar-refractivity contribution < 1.29 is 4.79 Å². The molecule has 0 bridgehead atoms. The average Bonchev–Trinajstić information content (AvgIpc) is 2.83. The fourth-order valence-electron chi connectivity index (χ4n) is 4.31. The molecular weight excluding hydrogens is 408 g/mol. The molecule has 1 aromatic carbocycles. The predicted octanol–water partition coefficient (Wildman–Crippen LogP) is 6.31. The van der Waals surface area contributed by atoms with Gasteiger partial charge in [-0.2, -0.15) is 0 Å². The van der Waals surface area contributed by atoms with Crippen LogP contribution in [0, 0.1) is 11.8 Å². The molecule has 0 saturated carbocycles. The first-order chi connectivity index (χ1) is 15.9. The van der Waals surface area contributed by atoms with Gasteiger partial charge in [0.25, 0.3) is 0 Å². The number of anilines is 2. The van der Waals surface area contributed by atoms with E-state index in [2.05, 4.69) is 42.9 Å². The second kappa shape index (κ2) is 11.6. The summed E-state index contributed by atoms with van der Waals surface area (Å²) < 4.78 is 0. The lowest BCUT2D eigenvalue weighted by Crippen LogP contribution is -2.31. The molecule has 0 unspecified atom stereocenters. The highest BCUT2D eigenvalue weighted by molar-refractivity contribution is 6.11. The van der Waals surface area contributed by atoms with Crippen LogP contribution in [-0.4, -0.2) is 35.9 Å². The van der Waals surface area contributed by atoms with Gasteiger partial charge < -0.3 is 10.2 Å². The van der Waals surface area contributed by atoms with Gasteiger partial charge in [-0.1, -0.05) is 64.1 Å². The van der Waals surface area contributed by atoms with Crippen molar-refractivity contribution in [3.8, 4) is 11.1 Å². The van der Waals surface area contributed by atoms with Crippen LogP contribution >= 0.6 is 0 Å². The van der Waals surface area contributed by atoms with Gasteiger partial charge in [0.15, 0.2) is 0 Å². The van der Waals surface area contributed by atoms with Crippen molar-refractivity contribution in [2.45, 2.75) is 40.5 Å². The standard InChI is InChI=1S/C28H36N4O/c1-6-15-32(19-21(4)16-20(2)3)26-14-10-13-25(31-26)27(33)24-17-23(18-30-28(24)29-5)22-11-8-7-9-12-22/h7-14,17-18,20-21H,6,15-16,19H2,1-5H3,(H,29,30)/t21-/m0/s1. The Labute approximate surface area is 198 Å². The number of carbonyl (C=O) groups excluding carboxylic acids is 1. The highest BCUT2D eigenvalue weighted by atomic mass is 16.1. The van der Waals surface area contributed by atoms with Crippen molar-refractivity contribution in [3.63, 3.8) is 0 Å². The molecule has 2 heterocycles. The summed E-state index contributed by atoms with van der Waals surface area (Å²) in [6, 6.07) is 17.6. The highest BCUT2D eigenvalue weighted by Crippen LogP contribution is 2.25. The molecule has 0 fully saturated rings. The maximum absolute atomic E-state index is 13.5. The summed E-state index contributed by atoms with van der Waals surface area (Å²) in [7, 11) is 1.78. The SMILES string of the molecule is CCCN(C[C@@H](C)CC(C)C)c1cccc(C(=O)c2cc(-c3ccccc3)cnc2NC)n1. The molecule has 5 heteroatoms. The Balaban J connectivity index is 1.92. The zero-order valence-electron chi connectivity index (χ0n) is 20.5. The first-order valence-electron chi connectivity index (χ1n) is 11.9. The first kappa shape index (κ1) is 24.4. The number of hydrogen-bond donors (Lipinski definition) is 1. The third kappa shape index (κ3) is 6.41. The summed E-state index contributed by atoms with van der Waals surface area (Å²) >= 11 is 0. The topological polar surface area (TPSA) is 58.1 Å². The molecule has 0 aliphatic heterocycles. The smallest absolute Gasteiger partial charge is 0.215 e. The molecule has 1 N–H and O–H groups in total. The molecule has 33 heavy (non-hydrogen) atoms. The van der Waals surface area contributed by atoms with Gasteiger partial charge in [0.05, 0.1) is 5.56 Å². The average molecular weight is 445 g/mol. The summed E-state index contributed by atoms with van der Waals surface area (Å²) in [5.41, 5.74) is 2.90. The van der Waals surface area contributed by atoms with Gasteiger partial charge in [-0.25, -0.2) is 9.97 Å². The zero-order valence-corrected chi connectivity index (χ0v) is 20.5. The van der Waals surface area contributed by atoms with E-state index in [1.165, 1.54) is 6.42 Å². The lowest BCUT2D eigenvalue weighted by atomic mass is 9.98. The van der Waals surface area contributed by atoms with E-state index in [1.807, 2.05) is 48.5 Å². The second-order valence-corrected chi connectivity index (χ2v) is 9.13. The Morgan fingerprint density at radius 3 is 2.45 bits per heavy atom. The fourth-order valence-corrected chi connectivity index (χ4v) is 4.31. The minimum absolute atomic E-state index is 0.127. The minimum Gasteiger partial charge on any atom is -0.373 e. The van der Waals surface area contributed by atoms with Crippen molar-refractivity contribution in [1.29, 1.82) is 0 Å². The van der Waals surface area contributed by atoms with Crippen LogP contribution in [0.5, 0.6) is 0 Å². The molecule has 5 nitrogen and oxygen atoms in total. The molecular formula is C28H36N4O. The molecule has 0 aliphatic rings. The van der Waals surface area contributed by atoms with Gasteiger partial charge in [0.1, 0.15) is 17.3 Å².